The first-order chi connectivity index (χ1) is 8.60. The third-order valence-corrected chi connectivity index (χ3v) is 2.87. The molecular formula is C12H17ClF2N2O. The summed E-state index contributed by atoms with van der Waals surface area (Å²) in [5, 5.41) is 12.4. The fourth-order valence-corrected chi connectivity index (χ4v) is 2.03. The van der Waals surface area contributed by atoms with E-state index in [0.29, 0.717) is 17.3 Å². The van der Waals surface area contributed by atoms with Gasteiger partial charge >= 0.3 is 0 Å². The number of nitrogens with one attached hydrogen (secondary N) is 1. The molecule has 0 radical (unpaired) electrons. The Bertz CT molecular complexity index is 377. The number of hydrogen-bond acceptors (Lipinski definition) is 3. The van der Waals surface area contributed by atoms with Crippen LogP contribution in [0.15, 0.2) is 18.2 Å². The summed E-state index contributed by atoms with van der Waals surface area (Å²) < 4.78 is 25.1. The summed E-state index contributed by atoms with van der Waals surface area (Å²) in [6.07, 6.45) is -2.46. The van der Waals surface area contributed by atoms with Crippen LogP contribution < -0.4 is 10.2 Å². The molecule has 0 aliphatic rings. The number of alkyl halides is 2. The van der Waals surface area contributed by atoms with Gasteiger partial charge in [-0.1, -0.05) is 17.7 Å². The van der Waals surface area contributed by atoms with Gasteiger partial charge in [0.2, 0.25) is 0 Å². The van der Waals surface area contributed by atoms with Crippen molar-refractivity contribution in [2.45, 2.75) is 13.0 Å². The van der Waals surface area contributed by atoms with Gasteiger partial charge in [-0.15, -0.1) is 0 Å². The molecule has 102 valence electrons. The molecule has 3 nitrogen and oxygen atoms in total. The van der Waals surface area contributed by atoms with E-state index in [1.54, 1.807) is 25.2 Å². The topological polar surface area (TPSA) is 35.5 Å². The van der Waals surface area contributed by atoms with E-state index in [-0.39, 0.29) is 13.2 Å². The van der Waals surface area contributed by atoms with Gasteiger partial charge in [0.05, 0.1) is 13.2 Å². The molecule has 1 aromatic rings. The van der Waals surface area contributed by atoms with Gasteiger partial charge in [0, 0.05) is 29.4 Å². The molecule has 1 rings (SSSR count). The van der Waals surface area contributed by atoms with Crippen LogP contribution in [0.3, 0.4) is 0 Å². The number of halogens is 3. The van der Waals surface area contributed by atoms with Gasteiger partial charge in [-0.05, 0) is 19.2 Å². The van der Waals surface area contributed by atoms with E-state index in [9.17, 15) is 8.78 Å². The van der Waals surface area contributed by atoms with E-state index in [1.807, 2.05) is 0 Å². The molecule has 0 bridgehead atoms. The molecule has 0 aromatic heterocycles. The van der Waals surface area contributed by atoms with Gasteiger partial charge in [0.25, 0.3) is 6.43 Å². The van der Waals surface area contributed by atoms with E-state index < -0.39 is 13.0 Å². The van der Waals surface area contributed by atoms with Crippen molar-refractivity contribution in [1.29, 1.82) is 0 Å². The van der Waals surface area contributed by atoms with Crippen molar-refractivity contribution < 1.29 is 13.9 Å². The van der Waals surface area contributed by atoms with Crippen LogP contribution in [-0.4, -0.2) is 38.3 Å². The zero-order valence-corrected chi connectivity index (χ0v) is 10.9. The van der Waals surface area contributed by atoms with Gasteiger partial charge in [-0.2, -0.15) is 0 Å². The average Bonchev–Trinajstić information content (AvgIpc) is 2.31. The molecule has 0 heterocycles. The number of hydrogen-bond donors (Lipinski definition) is 2. The molecule has 0 saturated heterocycles. The van der Waals surface area contributed by atoms with Crippen LogP contribution in [0.4, 0.5) is 14.5 Å². The van der Waals surface area contributed by atoms with Crippen molar-refractivity contribution in [3.05, 3.63) is 28.8 Å². The highest BCUT2D eigenvalue weighted by atomic mass is 35.5. The van der Waals surface area contributed by atoms with E-state index in [1.165, 1.54) is 4.90 Å². The van der Waals surface area contributed by atoms with Crippen LogP contribution in [0.1, 0.15) is 5.56 Å². The Morgan fingerprint density at radius 1 is 1.44 bits per heavy atom. The second-order valence-corrected chi connectivity index (χ2v) is 4.24. The lowest BCUT2D eigenvalue weighted by molar-refractivity contribution is 0.152. The Labute approximate surface area is 110 Å². The van der Waals surface area contributed by atoms with E-state index in [4.69, 9.17) is 16.7 Å². The average molecular weight is 279 g/mol. The Morgan fingerprint density at radius 2 is 2.17 bits per heavy atom. The summed E-state index contributed by atoms with van der Waals surface area (Å²) in [6, 6.07) is 5.17. The highest BCUT2D eigenvalue weighted by Crippen LogP contribution is 2.27. The Morgan fingerprint density at radius 3 is 2.72 bits per heavy atom. The first-order valence-corrected chi connectivity index (χ1v) is 6.04. The molecule has 18 heavy (non-hydrogen) atoms. The Hall–Kier alpha value is -0.910. The number of aliphatic hydroxyl groups is 1. The number of rotatable bonds is 7. The van der Waals surface area contributed by atoms with Crippen molar-refractivity contribution in [2.75, 3.05) is 31.6 Å². The zero-order valence-electron chi connectivity index (χ0n) is 10.2. The predicted octanol–water partition coefficient (Wildman–Crippen LogP) is 2.12. The molecular weight excluding hydrogens is 262 g/mol. The minimum atomic E-state index is -2.46. The van der Waals surface area contributed by atoms with E-state index in [0.717, 1.165) is 5.56 Å². The molecule has 0 unspecified atom stereocenters. The first-order valence-electron chi connectivity index (χ1n) is 5.66. The zero-order chi connectivity index (χ0) is 13.5. The van der Waals surface area contributed by atoms with Crippen LogP contribution in [-0.2, 0) is 6.54 Å². The minimum absolute atomic E-state index is 0.154. The normalized spacial score (nSPS) is 11.0. The fourth-order valence-electron chi connectivity index (χ4n) is 1.79. The number of anilines is 1. The molecule has 0 spiro atoms. The summed E-state index contributed by atoms with van der Waals surface area (Å²) in [7, 11) is 1.76. The lowest BCUT2D eigenvalue weighted by Gasteiger charge is -2.26. The van der Waals surface area contributed by atoms with Crippen LogP contribution >= 0.6 is 11.6 Å². The summed E-state index contributed by atoms with van der Waals surface area (Å²) in [6.45, 7) is 0.0391. The quantitative estimate of drug-likeness (QED) is 0.802. The molecule has 0 aliphatic carbocycles. The monoisotopic (exact) mass is 278 g/mol. The van der Waals surface area contributed by atoms with Crippen LogP contribution in [0.2, 0.25) is 5.02 Å². The molecule has 0 fully saturated rings. The van der Waals surface area contributed by atoms with Gasteiger partial charge in [-0.3, -0.25) is 0 Å². The predicted molar refractivity (Wildman–Crippen MR) is 69.5 cm³/mol. The van der Waals surface area contributed by atoms with Crippen molar-refractivity contribution in [2.24, 2.45) is 0 Å². The molecule has 0 atom stereocenters. The number of benzene rings is 1. The molecule has 1 aromatic carbocycles. The highest BCUT2D eigenvalue weighted by Gasteiger charge is 2.16. The maximum absolute atomic E-state index is 12.5. The minimum Gasteiger partial charge on any atom is -0.395 e. The summed E-state index contributed by atoms with van der Waals surface area (Å²) in [4.78, 5) is 1.45. The van der Waals surface area contributed by atoms with Crippen molar-refractivity contribution in [3.63, 3.8) is 0 Å². The maximum Gasteiger partial charge on any atom is 0.255 e. The van der Waals surface area contributed by atoms with Crippen molar-refractivity contribution in [1.82, 2.24) is 5.32 Å². The van der Waals surface area contributed by atoms with E-state index in [2.05, 4.69) is 5.32 Å². The number of nitrogens with zero attached hydrogens (tertiary/aromatic N) is 1. The molecule has 6 heteroatoms. The van der Waals surface area contributed by atoms with Crippen LogP contribution in [0.25, 0.3) is 0 Å². The third kappa shape index (κ3) is 4.08. The van der Waals surface area contributed by atoms with Gasteiger partial charge < -0.3 is 15.3 Å². The summed E-state index contributed by atoms with van der Waals surface area (Å²) in [5.41, 5.74) is 1.39. The fraction of sp³-hybridized carbons (Fsp3) is 0.500. The Balaban J connectivity index is 3.05. The third-order valence-electron chi connectivity index (χ3n) is 2.52. The summed E-state index contributed by atoms with van der Waals surface area (Å²) in [5.74, 6) is 0. The standard InChI is InChI=1S/C12H17ClF2N2O/c1-16-7-9-10(13)3-2-4-11(9)17(5-6-18)8-12(14)15/h2-4,12,16,18H,5-8H2,1H3. The van der Waals surface area contributed by atoms with Gasteiger partial charge in [0.15, 0.2) is 0 Å². The Kier molecular flexibility index (Phi) is 6.32. The maximum atomic E-state index is 12.5. The largest absolute Gasteiger partial charge is 0.395 e. The summed E-state index contributed by atoms with van der Waals surface area (Å²) >= 11 is 6.07. The van der Waals surface area contributed by atoms with Crippen molar-refractivity contribution in [3.8, 4) is 0 Å². The SMILES string of the molecule is CNCc1c(Cl)cccc1N(CCO)CC(F)F. The molecule has 2 N–H and O–H groups in total. The first kappa shape index (κ1) is 15.1. The lowest BCUT2D eigenvalue weighted by Crippen LogP contribution is -2.32. The lowest BCUT2D eigenvalue weighted by atomic mass is 10.1. The van der Waals surface area contributed by atoms with Gasteiger partial charge in [0.1, 0.15) is 0 Å². The smallest absolute Gasteiger partial charge is 0.255 e. The second kappa shape index (κ2) is 7.51. The second-order valence-electron chi connectivity index (χ2n) is 3.83. The molecule has 0 aliphatic heterocycles. The van der Waals surface area contributed by atoms with Crippen molar-refractivity contribution >= 4 is 17.3 Å². The van der Waals surface area contributed by atoms with Crippen LogP contribution in [0.5, 0.6) is 0 Å². The van der Waals surface area contributed by atoms with E-state index >= 15 is 0 Å². The van der Waals surface area contributed by atoms with Crippen LogP contribution in [0, 0.1) is 0 Å². The molecule has 0 saturated carbocycles. The highest BCUT2D eigenvalue weighted by molar-refractivity contribution is 6.31. The number of aliphatic hydroxyl groups excluding tert-OH is 1. The van der Waals surface area contributed by atoms with Gasteiger partial charge in [-0.25, -0.2) is 8.78 Å². The molecule has 0 amide bonds.